The van der Waals surface area contributed by atoms with Crippen LogP contribution < -0.4 is 20.3 Å². The zero-order valence-electron chi connectivity index (χ0n) is 20.2. The highest BCUT2D eigenvalue weighted by molar-refractivity contribution is 8.00. The minimum atomic E-state index is -0.494. The van der Waals surface area contributed by atoms with E-state index in [2.05, 4.69) is 41.3 Å². The number of aromatic nitrogens is 2. The van der Waals surface area contributed by atoms with Gasteiger partial charge in [0, 0.05) is 22.7 Å². The SMILES string of the molecule is COc1ccc(NC(=O)C(C)Sc2nc3scc(-c4ccc(C(C)C)cc4)c3c(=O)[nH]2)cc1OC. The first-order valence-electron chi connectivity index (χ1n) is 11.1. The molecule has 0 radical (unpaired) electrons. The number of fused-ring (bicyclic) bond motifs is 1. The van der Waals surface area contributed by atoms with Crippen LogP contribution in [-0.2, 0) is 4.79 Å². The van der Waals surface area contributed by atoms with Crippen molar-refractivity contribution in [2.75, 3.05) is 19.5 Å². The van der Waals surface area contributed by atoms with Crippen LogP contribution >= 0.6 is 23.1 Å². The van der Waals surface area contributed by atoms with Crippen molar-refractivity contribution < 1.29 is 14.3 Å². The number of nitrogens with zero attached hydrogens (tertiary/aromatic N) is 1. The minimum absolute atomic E-state index is 0.214. The number of nitrogens with one attached hydrogen (secondary N) is 2. The Morgan fingerprint density at radius 2 is 1.77 bits per heavy atom. The monoisotopic (exact) mass is 509 g/mol. The average molecular weight is 510 g/mol. The molecular weight excluding hydrogens is 482 g/mol. The van der Waals surface area contributed by atoms with Crippen LogP contribution in [0.1, 0.15) is 32.3 Å². The summed E-state index contributed by atoms with van der Waals surface area (Å²) in [6.45, 7) is 6.07. The Hall–Kier alpha value is -3.30. The molecule has 2 aromatic heterocycles. The van der Waals surface area contributed by atoms with Crippen molar-refractivity contribution in [1.29, 1.82) is 0 Å². The van der Waals surface area contributed by atoms with E-state index in [1.807, 2.05) is 17.5 Å². The first-order chi connectivity index (χ1) is 16.8. The number of amides is 1. The topological polar surface area (TPSA) is 93.3 Å². The molecule has 1 unspecified atom stereocenters. The van der Waals surface area contributed by atoms with E-state index in [1.54, 1.807) is 32.2 Å². The van der Waals surface area contributed by atoms with Gasteiger partial charge in [-0.05, 0) is 36.1 Å². The van der Waals surface area contributed by atoms with Gasteiger partial charge in [-0.3, -0.25) is 9.59 Å². The number of methoxy groups -OCH3 is 2. The standard InChI is InChI=1S/C26H27N3O4S2/c1-14(2)16-6-8-17(9-7-16)19-13-34-25-22(19)24(31)28-26(29-25)35-15(3)23(30)27-18-10-11-20(32-4)21(12-18)33-5/h6-15H,1-5H3,(H,27,30)(H,28,29,31). The second kappa shape index (κ2) is 10.5. The lowest BCUT2D eigenvalue weighted by molar-refractivity contribution is -0.115. The predicted molar refractivity (Wildman–Crippen MR) is 143 cm³/mol. The van der Waals surface area contributed by atoms with Crippen LogP contribution in [0.15, 0.2) is 57.8 Å². The summed E-state index contributed by atoms with van der Waals surface area (Å²) >= 11 is 2.62. The Balaban J connectivity index is 1.52. The van der Waals surface area contributed by atoms with Gasteiger partial charge in [-0.1, -0.05) is 49.9 Å². The van der Waals surface area contributed by atoms with E-state index in [1.165, 1.54) is 35.8 Å². The largest absolute Gasteiger partial charge is 0.493 e. The zero-order chi connectivity index (χ0) is 25.1. The Morgan fingerprint density at radius 3 is 2.43 bits per heavy atom. The van der Waals surface area contributed by atoms with Crippen molar-refractivity contribution >= 4 is 44.9 Å². The van der Waals surface area contributed by atoms with Crippen molar-refractivity contribution in [2.24, 2.45) is 0 Å². The maximum Gasteiger partial charge on any atom is 0.260 e. The molecule has 7 nitrogen and oxygen atoms in total. The van der Waals surface area contributed by atoms with Crippen LogP contribution in [0.5, 0.6) is 11.5 Å². The highest BCUT2D eigenvalue weighted by atomic mass is 32.2. The van der Waals surface area contributed by atoms with E-state index in [4.69, 9.17) is 9.47 Å². The van der Waals surface area contributed by atoms with E-state index < -0.39 is 5.25 Å². The lowest BCUT2D eigenvalue weighted by Crippen LogP contribution is -2.23. The van der Waals surface area contributed by atoms with Crippen molar-refractivity contribution in [3.8, 4) is 22.6 Å². The van der Waals surface area contributed by atoms with Gasteiger partial charge in [0.15, 0.2) is 16.7 Å². The molecule has 0 aliphatic rings. The molecule has 9 heteroatoms. The first-order valence-corrected chi connectivity index (χ1v) is 12.9. The van der Waals surface area contributed by atoms with Crippen molar-refractivity contribution in [3.05, 3.63) is 63.8 Å². The molecule has 1 amide bonds. The lowest BCUT2D eigenvalue weighted by Gasteiger charge is -2.13. The van der Waals surface area contributed by atoms with Crippen molar-refractivity contribution in [1.82, 2.24) is 9.97 Å². The number of H-pyrrole nitrogens is 1. The number of aromatic amines is 1. The predicted octanol–water partition coefficient (Wildman–Crippen LogP) is 5.91. The third-order valence-electron chi connectivity index (χ3n) is 5.62. The number of thioether (sulfide) groups is 1. The van der Waals surface area contributed by atoms with Gasteiger partial charge in [0.25, 0.3) is 5.56 Å². The molecule has 0 fully saturated rings. The average Bonchev–Trinajstić information content (AvgIpc) is 3.28. The molecule has 4 rings (SSSR count). The molecule has 1 atom stereocenters. The summed E-state index contributed by atoms with van der Waals surface area (Å²) in [6, 6.07) is 13.4. The van der Waals surface area contributed by atoms with Gasteiger partial charge < -0.3 is 19.8 Å². The van der Waals surface area contributed by atoms with E-state index in [-0.39, 0.29) is 11.5 Å². The van der Waals surface area contributed by atoms with Crippen LogP contribution in [-0.4, -0.2) is 35.3 Å². The molecule has 4 aromatic rings. The fraction of sp³-hybridized carbons (Fsp3) is 0.269. The molecule has 0 aliphatic heterocycles. The van der Waals surface area contributed by atoms with E-state index >= 15 is 0 Å². The maximum atomic E-state index is 13.0. The molecule has 0 bridgehead atoms. The molecule has 2 N–H and O–H groups in total. The summed E-state index contributed by atoms with van der Waals surface area (Å²) in [7, 11) is 3.09. The normalized spacial score (nSPS) is 12.1. The number of rotatable bonds is 8. The summed E-state index contributed by atoms with van der Waals surface area (Å²) in [5.74, 6) is 1.32. The Bertz CT molecular complexity index is 1410. The molecule has 182 valence electrons. The summed E-state index contributed by atoms with van der Waals surface area (Å²) in [5.41, 5.74) is 3.47. The summed E-state index contributed by atoms with van der Waals surface area (Å²) < 4.78 is 10.5. The second-order valence-electron chi connectivity index (χ2n) is 8.30. The zero-order valence-corrected chi connectivity index (χ0v) is 21.8. The van der Waals surface area contributed by atoms with E-state index in [9.17, 15) is 9.59 Å². The van der Waals surface area contributed by atoms with Crippen molar-refractivity contribution in [3.63, 3.8) is 0 Å². The number of hydrogen-bond acceptors (Lipinski definition) is 7. The van der Waals surface area contributed by atoms with E-state index in [0.29, 0.717) is 38.5 Å². The number of thiophene rings is 1. The number of ether oxygens (including phenoxy) is 2. The fourth-order valence-electron chi connectivity index (χ4n) is 3.62. The lowest BCUT2D eigenvalue weighted by atomic mass is 9.99. The first kappa shape index (κ1) is 24.8. The minimum Gasteiger partial charge on any atom is -0.493 e. The van der Waals surface area contributed by atoms with Crippen LogP contribution in [0.3, 0.4) is 0 Å². The summed E-state index contributed by atoms with van der Waals surface area (Å²) in [5, 5.41) is 5.30. The number of hydrogen-bond donors (Lipinski definition) is 2. The van der Waals surface area contributed by atoms with E-state index in [0.717, 1.165) is 11.1 Å². The third-order valence-corrected chi connectivity index (χ3v) is 7.48. The van der Waals surface area contributed by atoms with Gasteiger partial charge in [0.2, 0.25) is 5.91 Å². The van der Waals surface area contributed by atoms with Crippen LogP contribution in [0.4, 0.5) is 5.69 Å². The number of benzene rings is 2. The smallest absolute Gasteiger partial charge is 0.260 e. The summed E-state index contributed by atoms with van der Waals surface area (Å²) in [4.78, 5) is 33.8. The number of carbonyl (C=O) groups is 1. The molecule has 0 aliphatic carbocycles. The molecular formula is C26H27N3O4S2. The number of anilines is 1. The quantitative estimate of drug-likeness (QED) is 0.227. The van der Waals surface area contributed by atoms with Crippen LogP contribution in [0.25, 0.3) is 21.3 Å². The Morgan fingerprint density at radius 1 is 1.06 bits per heavy atom. The van der Waals surface area contributed by atoms with Gasteiger partial charge in [0.1, 0.15) is 4.83 Å². The maximum absolute atomic E-state index is 13.0. The molecule has 0 spiro atoms. The third kappa shape index (κ3) is 5.36. The van der Waals surface area contributed by atoms with Crippen molar-refractivity contribution in [2.45, 2.75) is 37.1 Å². The van der Waals surface area contributed by atoms with Gasteiger partial charge >= 0.3 is 0 Å². The summed E-state index contributed by atoms with van der Waals surface area (Å²) in [6.07, 6.45) is 0. The van der Waals surface area contributed by atoms with Crippen LogP contribution in [0.2, 0.25) is 0 Å². The highest BCUT2D eigenvalue weighted by Gasteiger charge is 2.19. The van der Waals surface area contributed by atoms with Gasteiger partial charge in [0.05, 0.1) is 24.9 Å². The van der Waals surface area contributed by atoms with Gasteiger partial charge in [-0.2, -0.15) is 0 Å². The Kier molecular flexibility index (Phi) is 7.47. The molecule has 0 saturated carbocycles. The van der Waals surface area contributed by atoms with Gasteiger partial charge in [-0.15, -0.1) is 11.3 Å². The molecule has 0 saturated heterocycles. The molecule has 35 heavy (non-hydrogen) atoms. The van der Waals surface area contributed by atoms with Crippen LogP contribution in [0, 0.1) is 0 Å². The molecule has 2 aromatic carbocycles. The van der Waals surface area contributed by atoms with Gasteiger partial charge in [-0.25, -0.2) is 4.98 Å². The second-order valence-corrected chi connectivity index (χ2v) is 10.5. The highest BCUT2D eigenvalue weighted by Crippen LogP contribution is 2.33. The fourth-order valence-corrected chi connectivity index (χ4v) is 5.43. The molecule has 2 heterocycles. The Labute approximate surface area is 211 Å². The number of carbonyl (C=O) groups excluding carboxylic acids is 1.